The van der Waals surface area contributed by atoms with Crippen LogP contribution in [0, 0.1) is 0 Å². The molecule has 24 heavy (non-hydrogen) atoms. The molecule has 0 radical (unpaired) electrons. The maximum absolute atomic E-state index is 11.6. The Morgan fingerprint density at radius 1 is 1.12 bits per heavy atom. The van der Waals surface area contributed by atoms with Gasteiger partial charge < -0.3 is 31.2 Å². The number of rotatable bonds is 9. The Balaban J connectivity index is 1.53. The van der Waals surface area contributed by atoms with E-state index in [1.54, 1.807) is 0 Å². The Kier molecular flexibility index (Phi) is 6.71. The summed E-state index contributed by atoms with van der Waals surface area (Å²) in [4.78, 5) is 44.3. The van der Waals surface area contributed by atoms with E-state index in [1.165, 1.54) is 0 Å². The quantitative estimate of drug-likeness (QED) is 0.270. The first-order chi connectivity index (χ1) is 11.5. The Bertz CT molecular complexity index is 515. The van der Waals surface area contributed by atoms with Gasteiger partial charge in [-0.15, -0.1) is 0 Å². The lowest BCUT2D eigenvalue weighted by Crippen LogP contribution is -2.42. The van der Waals surface area contributed by atoms with Gasteiger partial charge in [0, 0.05) is 17.4 Å². The molecule has 0 aromatic carbocycles. The smallest absolute Gasteiger partial charge is 0.315 e. The number of fused-ring (bicyclic) bond motifs is 1. The summed E-state index contributed by atoms with van der Waals surface area (Å²) in [5.74, 6) is -1.28. The van der Waals surface area contributed by atoms with Gasteiger partial charge in [-0.25, -0.2) is 4.79 Å². The molecular weight excluding hydrogens is 336 g/mol. The van der Waals surface area contributed by atoms with Crippen LogP contribution in [0.3, 0.4) is 0 Å². The summed E-state index contributed by atoms with van der Waals surface area (Å²) in [5.41, 5.74) is 0. The number of unbranched alkanes of at least 4 members (excludes halogenated alkanes) is 1. The SMILES string of the molecule is O=C([O-])CNC(=O)CNC(=O)CCCC[C@@H]1SC[C@@H]2NC(=O)N[C@@H]21. The summed E-state index contributed by atoms with van der Waals surface area (Å²) >= 11 is 1.83. The number of amides is 4. The standard InChI is InChI=1S/C14H22N4O5S/c19-10(15-5-11(20)16-6-12(21)22)4-2-1-3-9-13-8(7-24-9)17-14(23)18-13/h8-9,13H,1-7H2,(H,15,19)(H,16,20)(H,21,22)(H2,17,18,23)/p-1/t8-,9-,13-/m0/s1. The van der Waals surface area contributed by atoms with Gasteiger partial charge in [0.2, 0.25) is 11.8 Å². The molecule has 2 fully saturated rings. The fraction of sp³-hybridized carbons (Fsp3) is 0.714. The second-order valence-corrected chi connectivity index (χ2v) is 7.07. The molecular formula is C14H21N4O5S-. The summed E-state index contributed by atoms with van der Waals surface area (Å²) in [5, 5.41) is 20.9. The van der Waals surface area contributed by atoms with Crippen molar-refractivity contribution in [1.29, 1.82) is 0 Å². The number of carboxylic acid groups (broad SMARTS) is 1. The summed E-state index contributed by atoms with van der Waals surface area (Å²) in [7, 11) is 0. The van der Waals surface area contributed by atoms with Crippen molar-refractivity contribution in [3.63, 3.8) is 0 Å². The highest BCUT2D eigenvalue weighted by Crippen LogP contribution is 2.33. The second kappa shape index (κ2) is 8.76. The minimum absolute atomic E-state index is 0.105. The summed E-state index contributed by atoms with van der Waals surface area (Å²) in [6.45, 7) is -0.812. The number of aliphatic carboxylic acids is 1. The minimum Gasteiger partial charge on any atom is -0.548 e. The molecule has 2 rings (SSSR count). The average molecular weight is 357 g/mol. The lowest BCUT2D eigenvalue weighted by Gasteiger charge is -2.16. The maximum atomic E-state index is 11.6. The van der Waals surface area contributed by atoms with Gasteiger partial charge in [-0.3, -0.25) is 9.59 Å². The van der Waals surface area contributed by atoms with Crippen LogP contribution >= 0.6 is 11.8 Å². The van der Waals surface area contributed by atoms with Crippen LogP contribution in [0.15, 0.2) is 0 Å². The predicted octanol–water partition coefficient (Wildman–Crippen LogP) is -2.31. The minimum atomic E-state index is -1.38. The third-order valence-electron chi connectivity index (χ3n) is 3.96. The molecule has 2 heterocycles. The monoisotopic (exact) mass is 357 g/mol. The molecule has 0 bridgehead atoms. The number of nitrogens with one attached hydrogen (secondary N) is 4. The number of urea groups is 1. The van der Waals surface area contributed by atoms with Crippen molar-refractivity contribution in [1.82, 2.24) is 21.3 Å². The maximum Gasteiger partial charge on any atom is 0.315 e. The fourth-order valence-electron chi connectivity index (χ4n) is 2.77. The zero-order valence-corrected chi connectivity index (χ0v) is 13.9. The Morgan fingerprint density at radius 3 is 2.62 bits per heavy atom. The van der Waals surface area contributed by atoms with E-state index in [0.717, 1.165) is 18.6 Å². The van der Waals surface area contributed by atoms with Gasteiger partial charge in [0.05, 0.1) is 31.1 Å². The summed E-state index contributed by atoms with van der Waals surface area (Å²) in [6.07, 6.45) is 2.79. The highest BCUT2D eigenvalue weighted by atomic mass is 32.2. The van der Waals surface area contributed by atoms with Crippen LogP contribution in [0.5, 0.6) is 0 Å². The Labute approximate surface area is 143 Å². The van der Waals surface area contributed by atoms with Crippen LogP contribution in [0.1, 0.15) is 25.7 Å². The molecule has 10 heteroatoms. The molecule has 0 spiro atoms. The van der Waals surface area contributed by atoms with E-state index in [4.69, 9.17) is 0 Å². The lowest BCUT2D eigenvalue weighted by atomic mass is 10.0. The first-order valence-electron chi connectivity index (χ1n) is 7.87. The van der Waals surface area contributed by atoms with E-state index in [-0.39, 0.29) is 30.6 Å². The van der Waals surface area contributed by atoms with E-state index < -0.39 is 18.4 Å². The third-order valence-corrected chi connectivity index (χ3v) is 5.47. The van der Waals surface area contributed by atoms with Gasteiger partial charge in [-0.05, 0) is 12.8 Å². The van der Waals surface area contributed by atoms with E-state index in [9.17, 15) is 24.3 Å². The Hall–Kier alpha value is -1.97. The van der Waals surface area contributed by atoms with Crippen LogP contribution in [-0.4, -0.2) is 60.0 Å². The molecule has 134 valence electrons. The number of hydrogen-bond acceptors (Lipinski definition) is 6. The third kappa shape index (κ3) is 5.59. The predicted molar refractivity (Wildman–Crippen MR) is 85.0 cm³/mol. The van der Waals surface area contributed by atoms with Gasteiger partial charge >= 0.3 is 6.03 Å². The van der Waals surface area contributed by atoms with Gasteiger partial charge in [-0.1, -0.05) is 6.42 Å². The van der Waals surface area contributed by atoms with Crippen molar-refractivity contribution in [3.05, 3.63) is 0 Å². The molecule has 0 unspecified atom stereocenters. The van der Waals surface area contributed by atoms with Crippen LogP contribution in [0.2, 0.25) is 0 Å². The molecule has 4 N–H and O–H groups in total. The topological polar surface area (TPSA) is 139 Å². The van der Waals surface area contributed by atoms with Gasteiger partial charge in [0.25, 0.3) is 0 Å². The van der Waals surface area contributed by atoms with Crippen molar-refractivity contribution >= 4 is 35.6 Å². The van der Waals surface area contributed by atoms with Crippen molar-refractivity contribution < 1.29 is 24.3 Å². The number of carboxylic acids is 1. The number of carbonyl (C=O) groups is 4. The molecule has 2 aliphatic rings. The number of hydrogen-bond donors (Lipinski definition) is 4. The average Bonchev–Trinajstić information content (AvgIpc) is 3.07. The molecule has 4 amide bonds. The zero-order valence-electron chi connectivity index (χ0n) is 13.1. The highest BCUT2D eigenvalue weighted by Gasteiger charge is 2.42. The van der Waals surface area contributed by atoms with Crippen molar-refractivity contribution in [3.8, 4) is 0 Å². The van der Waals surface area contributed by atoms with Gasteiger partial charge in [0.15, 0.2) is 0 Å². The van der Waals surface area contributed by atoms with Crippen LogP contribution in [-0.2, 0) is 14.4 Å². The van der Waals surface area contributed by atoms with Crippen molar-refractivity contribution in [2.75, 3.05) is 18.8 Å². The number of carbonyl (C=O) groups excluding carboxylic acids is 4. The molecule has 3 atom stereocenters. The summed E-state index contributed by atoms with van der Waals surface area (Å²) < 4.78 is 0. The molecule has 0 aromatic heterocycles. The van der Waals surface area contributed by atoms with Crippen molar-refractivity contribution in [2.24, 2.45) is 0 Å². The molecule has 0 saturated carbocycles. The molecule has 0 aromatic rings. The van der Waals surface area contributed by atoms with E-state index in [1.807, 2.05) is 11.8 Å². The normalized spacial score (nSPS) is 24.7. The van der Waals surface area contributed by atoms with Gasteiger partial charge in [-0.2, -0.15) is 11.8 Å². The zero-order chi connectivity index (χ0) is 17.5. The van der Waals surface area contributed by atoms with Crippen LogP contribution in [0.4, 0.5) is 4.79 Å². The summed E-state index contributed by atoms with van der Waals surface area (Å²) in [6, 6.07) is 0.269. The molecule has 0 aliphatic carbocycles. The first kappa shape index (κ1) is 18.4. The number of thioether (sulfide) groups is 1. The van der Waals surface area contributed by atoms with Crippen molar-refractivity contribution in [2.45, 2.75) is 43.0 Å². The van der Waals surface area contributed by atoms with Crippen LogP contribution < -0.4 is 26.4 Å². The second-order valence-electron chi connectivity index (χ2n) is 5.79. The van der Waals surface area contributed by atoms with Crippen LogP contribution in [0.25, 0.3) is 0 Å². The fourth-order valence-corrected chi connectivity index (χ4v) is 4.32. The van der Waals surface area contributed by atoms with Gasteiger partial charge in [0.1, 0.15) is 0 Å². The van der Waals surface area contributed by atoms with E-state index in [0.29, 0.717) is 18.1 Å². The Morgan fingerprint density at radius 2 is 1.88 bits per heavy atom. The molecule has 2 saturated heterocycles. The van der Waals surface area contributed by atoms with E-state index >= 15 is 0 Å². The largest absolute Gasteiger partial charge is 0.548 e. The lowest BCUT2D eigenvalue weighted by molar-refractivity contribution is -0.304. The molecule has 9 nitrogen and oxygen atoms in total. The highest BCUT2D eigenvalue weighted by molar-refractivity contribution is 8.00. The molecule has 2 aliphatic heterocycles. The van der Waals surface area contributed by atoms with E-state index in [2.05, 4.69) is 21.3 Å². The first-order valence-corrected chi connectivity index (χ1v) is 8.92.